The maximum Gasteiger partial charge on any atom is 0.309 e. The second kappa shape index (κ2) is 6.71. The fraction of sp³-hybridized carbons (Fsp3) is 0.562. The van der Waals surface area contributed by atoms with Crippen molar-refractivity contribution < 1.29 is 9.53 Å². The minimum absolute atomic E-state index is 0.0294. The van der Waals surface area contributed by atoms with Gasteiger partial charge in [0.1, 0.15) is 0 Å². The van der Waals surface area contributed by atoms with E-state index in [1.165, 1.54) is 25.5 Å². The molecule has 104 valence electrons. The molecule has 1 aromatic carbocycles. The Balaban J connectivity index is 1.81. The number of methoxy groups -OCH3 is 1. The van der Waals surface area contributed by atoms with Crippen LogP contribution < -0.4 is 0 Å². The molecule has 3 heteroatoms. The lowest BCUT2D eigenvalue weighted by molar-refractivity contribution is -0.145. The van der Waals surface area contributed by atoms with Crippen LogP contribution >= 0.6 is 0 Å². The van der Waals surface area contributed by atoms with Gasteiger partial charge in [-0.2, -0.15) is 0 Å². The molecule has 0 N–H and O–H groups in total. The molecule has 1 fully saturated rings. The summed E-state index contributed by atoms with van der Waals surface area (Å²) in [6.45, 7) is 4.89. The van der Waals surface area contributed by atoms with Gasteiger partial charge in [0, 0.05) is 6.54 Å². The first-order valence-corrected chi connectivity index (χ1v) is 7.06. The topological polar surface area (TPSA) is 29.5 Å². The van der Waals surface area contributed by atoms with Crippen LogP contribution in [0.1, 0.15) is 31.2 Å². The number of likely N-dealkylation sites (tertiary alicyclic amines) is 1. The van der Waals surface area contributed by atoms with Crippen LogP contribution in [-0.2, 0) is 9.53 Å². The van der Waals surface area contributed by atoms with E-state index in [4.69, 9.17) is 4.74 Å². The van der Waals surface area contributed by atoms with Crippen molar-refractivity contribution in [2.24, 2.45) is 5.92 Å². The molecule has 0 aliphatic carbocycles. The summed E-state index contributed by atoms with van der Waals surface area (Å²) < 4.78 is 4.78. The van der Waals surface area contributed by atoms with Gasteiger partial charge in [-0.1, -0.05) is 37.3 Å². The van der Waals surface area contributed by atoms with Crippen LogP contribution in [0, 0.1) is 5.92 Å². The van der Waals surface area contributed by atoms with E-state index < -0.39 is 0 Å². The third-order valence-corrected chi connectivity index (χ3v) is 3.99. The molecule has 0 aromatic heterocycles. The Hall–Kier alpha value is -1.35. The highest BCUT2D eigenvalue weighted by molar-refractivity contribution is 5.72. The van der Waals surface area contributed by atoms with Crippen LogP contribution in [0.4, 0.5) is 0 Å². The predicted molar refractivity (Wildman–Crippen MR) is 76.0 cm³/mol. The van der Waals surface area contributed by atoms with Crippen LogP contribution in [0.5, 0.6) is 0 Å². The third kappa shape index (κ3) is 3.80. The molecule has 3 nitrogen and oxygen atoms in total. The third-order valence-electron chi connectivity index (χ3n) is 3.99. The van der Waals surface area contributed by atoms with Gasteiger partial charge in [-0.05, 0) is 37.4 Å². The smallest absolute Gasteiger partial charge is 0.309 e. The highest BCUT2D eigenvalue weighted by atomic mass is 16.5. The summed E-state index contributed by atoms with van der Waals surface area (Å²) in [6, 6.07) is 10.7. The van der Waals surface area contributed by atoms with E-state index in [0.717, 1.165) is 19.6 Å². The number of hydrogen-bond donors (Lipinski definition) is 0. The summed E-state index contributed by atoms with van der Waals surface area (Å²) in [4.78, 5) is 13.8. The normalized spacial score (nSPS) is 19.1. The molecule has 1 aromatic rings. The lowest BCUT2D eigenvalue weighted by atomic mass is 9.89. The summed E-state index contributed by atoms with van der Waals surface area (Å²) in [5.41, 5.74) is 1.45. The van der Waals surface area contributed by atoms with Crippen molar-refractivity contribution in [1.82, 2.24) is 4.90 Å². The highest BCUT2D eigenvalue weighted by Crippen LogP contribution is 2.27. The number of rotatable bonds is 4. The van der Waals surface area contributed by atoms with Gasteiger partial charge in [0.15, 0.2) is 0 Å². The van der Waals surface area contributed by atoms with E-state index in [-0.39, 0.29) is 11.9 Å². The van der Waals surface area contributed by atoms with E-state index in [1.807, 2.05) is 6.92 Å². The number of benzene rings is 1. The Kier molecular flexibility index (Phi) is 4.97. The van der Waals surface area contributed by atoms with Crippen molar-refractivity contribution in [3.8, 4) is 0 Å². The molecular formula is C16H23NO2. The molecule has 1 saturated heterocycles. The number of nitrogens with zero attached hydrogens (tertiary/aromatic N) is 1. The van der Waals surface area contributed by atoms with Crippen molar-refractivity contribution in [2.45, 2.75) is 25.7 Å². The predicted octanol–water partition coefficient (Wildman–Crippen LogP) is 2.68. The molecule has 0 spiro atoms. The van der Waals surface area contributed by atoms with E-state index in [9.17, 15) is 4.79 Å². The Morgan fingerprint density at radius 2 is 1.95 bits per heavy atom. The van der Waals surface area contributed by atoms with Gasteiger partial charge >= 0.3 is 5.97 Å². The van der Waals surface area contributed by atoms with Gasteiger partial charge in [-0.15, -0.1) is 0 Å². The molecule has 0 radical (unpaired) electrons. The quantitative estimate of drug-likeness (QED) is 0.780. The Bertz CT molecular complexity index is 396. The first kappa shape index (κ1) is 14.1. The molecular weight excluding hydrogens is 238 g/mol. The number of ether oxygens (including phenoxy) is 1. The number of carbonyl (C=O) groups is 1. The molecule has 19 heavy (non-hydrogen) atoms. The lowest BCUT2D eigenvalue weighted by Crippen LogP contribution is -2.38. The molecule has 1 aliphatic heterocycles. The molecule has 0 bridgehead atoms. The number of esters is 1. The van der Waals surface area contributed by atoms with E-state index in [0.29, 0.717) is 5.92 Å². The Labute approximate surface area is 115 Å². The summed E-state index contributed by atoms with van der Waals surface area (Å²) >= 11 is 0. The fourth-order valence-electron chi connectivity index (χ4n) is 2.84. The van der Waals surface area contributed by atoms with Crippen LogP contribution in [0.15, 0.2) is 30.3 Å². The number of piperidine rings is 1. The maximum atomic E-state index is 11.4. The Morgan fingerprint density at radius 3 is 2.53 bits per heavy atom. The Morgan fingerprint density at radius 1 is 1.32 bits per heavy atom. The largest absolute Gasteiger partial charge is 0.469 e. The summed E-state index contributed by atoms with van der Waals surface area (Å²) in [5.74, 6) is 0.536. The van der Waals surface area contributed by atoms with Crippen LogP contribution in [0.2, 0.25) is 0 Å². The molecule has 0 saturated carbocycles. The van der Waals surface area contributed by atoms with Gasteiger partial charge in [0.25, 0.3) is 0 Å². The zero-order valence-electron chi connectivity index (χ0n) is 11.8. The van der Waals surface area contributed by atoms with Crippen molar-refractivity contribution in [3.05, 3.63) is 35.9 Å². The lowest BCUT2D eigenvalue weighted by Gasteiger charge is -2.33. The van der Waals surface area contributed by atoms with Crippen molar-refractivity contribution in [1.29, 1.82) is 0 Å². The van der Waals surface area contributed by atoms with Crippen molar-refractivity contribution in [2.75, 3.05) is 26.7 Å². The van der Waals surface area contributed by atoms with Crippen LogP contribution in [0.25, 0.3) is 0 Å². The van der Waals surface area contributed by atoms with Gasteiger partial charge in [-0.25, -0.2) is 0 Å². The van der Waals surface area contributed by atoms with Crippen molar-refractivity contribution >= 4 is 5.97 Å². The zero-order chi connectivity index (χ0) is 13.7. The zero-order valence-corrected chi connectivity index (χ0v) is 11.8. The second-order valence-electron chi connectivity index (χ2n) is 5.41. The van der Waals surface area contributed by atoms with E-state index in [1.54, 1.807) is 0 Å². The standard InChI is InChI=1S/C16H23NO2/c1-13(16(18)19-2)12-17-10-8-15(9-11-17)14-6-4-3-5-7-14/h3-7,13,15H,8-12H2,1-2H3/t13-/m1/s1. The molecule has 1 atom stereocenters. The van der Waals surface area contributed by atoms with Gasteiger partial charge in [0.2, 0.25) is 0 Å². The maximum absolute atomic E-state index is 11.4. The average Bonchev–Trinajstić information content (AvgIpc) is 2.48. The molecule has 2 rings (SSSR count). The molecule has 1 heterocycles. The SMILES string of the molecule is COC(=O)[C@H](C)CN1CCC(c2ccccc2)CC1. The monoisotopic (exact) mass is 261 g/mol. The van der Waals surface area contributed by atoms with Crippen LogP contribution in [0.3, 0.4) is 0 Å². The van der Waals surface area contributed by atoms with Gasteiger partial charge in [-0.3, -0.25) is 4.79 Å². The minimum Gasteiger partial charge on any atom is -0.469 e. The number of hydrogen-bond acceptors (Lipinski definition) is 3. The van der Waals surface area contributed by atoms with E-state index in [2.05, 4.69) is 35.2 Å². The fourth-order valence-corrected chi connectivity index (χ4v) is 2.84. The second-order valence-corrected chi connectivity index (χ2v) is 5.41. The average molecular weight is 261 g/mol. The summed E-state index contributed by atoms with van der Waals surface area (Å²) in [6.07, 6.45) is 2.36. The van der Waals surface area contributed by atoms with Crippen molar-refractivity contribution in [3.63, 3.8) is 0 Å². The highest BCUT2D eigenvalue weighted by Gasteiger charge is 2.23. The van der Waals surface area contributed by atoms with Crippen LogP contribution in [-0.4, -0.2) is 37.6 Å². The molecule has 1 aliphatic rings. The number of carbonyl (C=O) groups excluding carboxylic acids is 1. The minimum atomic E-state index is -0.106. The molecule has 0 amide bonds. The van der Waals surface area contributed by atoms with E-state index >= 15 is 0 Å². The summed E-state index contributed by atoms with van der Waals surface area (Å²) in [7, 11) is 1.46. The first-order chi connectivity index (χ1) is 9.20. The van der Waals surface area contributed by atoms with Gasteiger partial charge < -0.3 is 9.64 Å². The van der Waals surface area contributed by atoms with Gasteiger partial charge in [0.05, 0.1) is 13.0 Å². The first-order valence-electron chi connectivity index (χ1n) is 7.06. The summed E-state index contributed by atoms with van der Waals surface area (Å²) in [5, 5.41) is 0. The molecule has 0 unspecified atom stereocenters.